The molecule has 0 saturated carbocycles. The minimum Gasteiger partial charge on any atom is -0.480 e. The lowest BCUT2D eigenvalue weighted by Crippen LogP contribution is -2.40. The van der Waals surface area contributed by atoms with Gasteiger partial charge in [0.25, 0.3) is 0 Å². The Morgan fingerprint density at radius 3 is 1.86 bits per heavy atom. The maximum Gasteiger partial charge on any atom is 0.469 e. The van der Waals surface area contributed by atoms with Crippen LogP contribution < -0.4 is 5.32 Å². The van der Waals surface area contributed by atoms with Gasteiger partial charge in [0.05, 0.1) is 6.61 Å². The van der Waals surface area contributed by atoms with Crippen molar-refractivity contribution in [1.82, 2.24) is 5.32 Å². The Morgan fingerprint density at radius 1 is 0.897 bits per heavy atom. The van der Waals surface area contributed by atoms with Crippen LogP contribution in [0.4, 0.5) is 0 Å². The number of carboxylic acid groups (broad SMARTS) is 1. The van der Waals surface area contributed by atoms with Crippen LogP contribution in [0.15, 0.2) is 12.2 Å². The smallest absolute Gasteiger partial charge is 0.469 e. The number of hydrogen-bond acceptors (Lipinski definition) is 4. The van der Waals surface area contributed by atoms with Crippen molar-refractivity contribution in [2.75, 3.05) is 13.2 Å². The lowest BCUT2D eigenvalue weighted by atomic mass is 10.1. The number of nitrogens with one attached hydrogen (secondary N) is 1. The predicted octanol–water partition coefficient (Wildman–Crippen LogP) is 5.18. The second-order valence-electron chi connectivity index (χ2n) is 7.57. The van der Waals surface area contributed by atoms with Gasteiger partial charge in [-0.25, -0.2) is 4.57 Å². The summed E-state index contributed by atoms with van der Waals surface area (Å²) in [7, 11) is -4.64. The zero-order valence-corrected chi connectivity index (χ0v) is 19.0. The van der Waals surface area contributed by atoms with E-state index >= 15 is 0 Å². The SMILES string of the molecule is CCCCCCCC/C=C\CCCCCCCCN[C@@H](COP(=O)(O)O)C(=O)O. The first-order valence-electron chi connectivity index (χ1n) is 11.2. The normalized spacial score (nSPS) is 13.2. The van der Waals surface area contributed by atoms with E-state index in [-0.39, 0.29) is 0 Å². The Bertz CT molecular complexity index is 466. The molecular weight excluding hydrogens is 393 g/mol. The number of phosphoric acid groups is 1. The van der Waals surface area contributed by atoms with Gasteiger partial charge in [-0.15, -0.1) is 0 Å². The van der Waals surface area contributed by atoms with Gasteiger partial charge in [0, 0.05) is 0 Å². The van der Waals surface area contributed by atoms with Crippen LogP contribution in [-0.2, 0) is 13.9 Å². The number of unbranched alkanes of at least 4 members (excludes halogenated alkanes) is 12. The quantitative estimate of drug-likeness (QED) is 0.112. The number of hydrogen-bond donors (Lipinski definition) is 4. The second kappa shape index (κ2) is 19.3. The van der Waals surface area contributed by atoms with Gasteiger partial charge in [-0.2, -0.15) is 0 Å². The molecule has 0 aromatic rings. The van der Waals surface area contributed by atoms with Gasteiger partial charge in [0.15, 0.2) is 0 Å². The van der Waals surface area contributed by atoms with Crippen LogP contribution in [0, 0.1) is 0 Å². The molecule has 4 N–H and O–H groups in total. The average Bonchev–Trinajstić information content (AvgIpc) is 2.65. The molecule has 29 heavy (non-hydrogen) atoms. The van der Waals surface area contributed by atoms with E-state index in [0.717, 1.165) is 25.7 Å². The largest absolute Gasteiger partial charge is 0.480 e. The van der Waals surface area contributed by atoms with Gasteiger partial charge in [-0.1, -0.05) is 76.9 Å². The number of carboxylic acids is 1. The van der Waals surface area contributed by atoms with Crippen LogP contribution in [0.5, 0.6) is 0 Å². The Morgan fingerprint density at radius 2 is 1.38 bits per heavy atom. The van der Waals surface area contributed by atoms with Crippen LogP contribution >= 0.6 is 7.82 Å². The van der Waals surface area contributed by atoms with E-state index in [1.165, 1.54) is 64.2 Å². The third-order valence-electron chi connectivity index (χ3n) is 4.79. The molecule has 0 aliphatic heterocycles. The summed E-state index contributed by atoms with van der Waals surface area (Å²) < 4.78 is 14.9. The molecular formula is C21H42NO6P. The standard InChI is InChI=1S/C21H42NO6P/c1-2-3-4-5-6-7-8-9-10-11-12-13-14-15-16-17-18-22-20(21(23)24)19-28-29(25,26)27/h9-10,20,22H,2-8,11-19H2,1H3,(H,23,24)(H2,25,26,27)/b10-9-/t20-/m0/s1. The number of phosphoric ester groups is 1. The fourth-order valence-corrected chi connectivity index (χ4v) is 3.38. The number of rotatable bonds is 21. The van der Waals surface area contributed by atoms with Crippen molar-refractivity contribution in [1.29, 1.82) is 0 Å². The van der Waals surface area contributed by atoms with Crippen molar-refractivity contribution in [3.8, 4) is 0 Å². The monoisotopic (exact) mass is 435 g/mol. The van der Waals surface area contributed by atoms with E-state index < -0.39 is 26.4 Å². The maximum absolute atomic E-state index is 11.0. The molecule has 172 valence electrons. The van der Waals surface area contributed by atoms with Crippen molar-refractivity contribution >= 4 is 13.8 Å². The molecule has 0 amide bonds. The average molecular weight is 436 g/mol. The minimum absolute atomic E-state index is 0.489. The zero-order valence-electron chi connectivity index (χ0n) is 18.1. The highest BCUT2D eigenvalue weighted by Crippen LogP contribution is 2.35. The Labute approximate surface area is 176 Å². The highest BCUT2D eigenvalue weighted by atomic mass is 31.2. The summed E-state index contributed by atoms with van der Waals surface area (Å²) in [6.07, 6.45) is 21.6. The zero-order chi connectivity index (χ0) is 21.8. The molecule has 0 aliphatic rings. The summed E-state index contributed by atoms with van der Waals surface area (Å²) in [5.41, 5.74) is 0. The molecule has 0 aliphatic carbocycles. The maximum atomic E-state index is 11.0. The molecule has 0 saturated heterocycles. The molecule has 0 aromatic heterocycles. The lowest BCUT2D eigenvalue weighted by Gasteiger charge is -2.14. The van der Waals surface area contributed by atoms with Gasteiger partial charge >= 0.3 is 13.8 Å². The summed E-state index contributed by atoms with van der Waals surface area (Å²) >= 11 is 0. The van der Waals surface area contributed by atoms with Crippen LogP contribution in [0.25, 0.3) is 0 Å². The van der Waals surface area contributed by atoms with Gasteiger partial charge in [0.1, 0.15) is 6.04 Å². The van der Waals surface area contributed by atoms with E-state index in [1.54, 1.807) is 0 Å². The molecule has 1 atom stereocenters. The van der Waals surface area contributed by atoms with E-state index in [1.807, 2.05) is 0 Å². The summed E-state index contributed by atoms with van der Waals surface area (Å²) in [4.78, 5) is 28.3. The first kappa shape index (κ1) is 28.3. The second-order valence-corrected chi connectivity index (χ2v) is 8.81. The number of aliphatic carboxylic acids is 1. The molecule has 0 bridgehead atoms. The fourth-order valence-electron chi connectivity index (χ4n) is 3.04. The molecule has 7 nitrogen and oxygen atoms in total. The molecule has 0 unspecified atom stereocenters. The summed E-state index contributed by atoms with van der Waals surface area (Å²) in [6.45, 7) is 2.18. The Hall–Kier alpha value is -0.720. The lowest BCUT2D eigenvalue weighted by molar-refractivity contribution is -0.140. The molecule has 8 heteroatoms. The van der Waals surface area contributed by atoms with Crippen LogP contribution in [-0.4, -0.2) is 40.1 Å². The highest BCUT2D eigenvalue weighted by Gasteiger charge is 2.22. The molecule has 0 radical (unpaired) electrons. The highest BCUT2D eigenvalue weighted by molar-refractivity contribution is 7.46. The summed E-state index contributed by atoms with van der Waals surface area (Å²) in [5.74, 6) is -1.18. The van der Waals surface area contributed by atoms with Crippen molar-refractivity contribution in [2.24, 2.45) is 0 Å². The van der Waals surface area contributed by atoms with Crippen LogP contribution in [0.1, 0.15) is 96.8 Å². The van der Waals surface area contributed by atoms with E-state index in [2.05, 4.69) is 28.9 Å². The van der Waals surface area contributed by atoms with Gasteiger partial charge < -0.3 is 20.2 Å². The molecule has 0 rings (SSSR count). The summed E-state index contributed by atoms with van der Waals surface area (Å²) in [6, 6.07) is -1.11. The van der Waals surface area contributed by atoms with Crippen LogP contribution in [0.3, 0.4) is 0 Å². The first-order valence-corrected chi connectivity index (χ1v) is 12.7. The number of allylic oxidation sites excluding steroid dienone is 2. The topological polar surface area (TPSA) is 116 Å². The molecule has 0 spiro atoms. The summed E-state index contributed by atoms with van der Waals surface area (Å²) in [5, 5.41) is 11.8. The van der Waals surface area contributed by atoms with Gasteiger partial charge in [0.2, 0.25) is 0 Å². The Balaban J connectivity index is 3.44. The van der Waals surface area contributed by atoms with Gasteiger partial charge in [-0.05, 0) is 38.6 Å². The molecule has 0 heterocycles. The van der Waals surface area contributed by atoms with Gasteiger partial charge in [-0.3, -0.25) is 9.32 Å². The van der Waals surface area contributed by atoms with Crippen LogP contribution in [0.2, 0.25) is 0 Å². The van der Waals surface area contributed by atoms with E-state index in [9.17, 15) is 9.36 Å². The fraction of sp³-hybridized carbons (Fsp3) is 0.857. The van der Waals surface area contributed by atoms with E-state index in [4.69, 9.17) is 14.9 Å². The molecule has 0 aromatic carbocycles. The first-order chi connectivity index (χ1) is 13.9. The number of carbonyl (C=O) groups is 1. The van der Waals surface area contributed by atoms with Crippen molar-refractivity contribution in [2.45, 2.75) is 103 Å². The van der Waals surface area contributed by atoms with Crippen molar-refractivity contribution in [3.05, 3.63) is 12.2 Å². The molecule has 0 fully saturated rings. The minimum atomic E-state index is -4.64. The third-order valence-corrected chi connectivity index (χ3v) is 5.27. The predicted molar refractivity (Wildman–Crippen MR) is 117 cm³/mol. The third kappa shape index (κ3) is 21.8. The van der Waals surface area contributed by atoms with Crippen molar-refractivity contribution in [3.63, 3.8) is 0 Å². The Kier molecular flexibility index (Phi) is 18.8. The van der Waals surface area contributed by atoms with E-state index in [0.29, 0.717) is 6.54 Å². The van der Waals surface area contributed by atoms with Crippen molar-refractivity contribution < 1.29 is 28.8 Å².